The summed E-state index contributed by atoms with van der Waals surface area (Å²) in [6, 6.07) is 13.8. The van der Waals surface area contributed by atoms with Crippen LogP contribution in [0.1, 0.15) is 43.9 Å². The zero-order valence-electron chi connectivity index (χ0n) is 18.2. The molecule has 0 saturated carbocycles. The van der Waals surface area contributed by atoms with Gasteiger partial charge in [-0.25, -0.2) is 4.39 Å². The quantitative estimate of drug-likeness (QED) is 0.563. The van der Waals surface area contributed by atoms with Crippen LogP contribution < -0.4 is 5.32 Å². The molecule has 0 aliphatic rings. The van der Waals surface area contributed by atoms with Crippen molar-refractivity contribution in [2.45, 2.75) is 52.6 Å². The summed E-state index contributed by atoms with van der Waals surface area (Å²) >= 11 is 0. The van der Waals surface area contributed by atoms with Crippen LogP contribution in [0.25, 0.3) is 0 Å². The average molecular weight is 432 g/mol. The van der Waals surface area contributed by atoms with Crippen molar-refractivity contribution in [3.05, 3.63) is 71.0 Å². The molecule has 0 bridgehead atoms. The van der Waals surface area contributed by atoms with Crippen LogP contribution in [-0.4, -0.2) is 29.2 Å². The fourth-order valence-corrected chi connectivity index (χ4v) is 2.82. The minimum Gasteiger partial charge on any atom is -0.460 e. The van der Waals surface area contributed by atoms with E-state index in [4.69, 9.17) is 9.47 Å². The molecule has 0 aliphatic carbocycles. The highest BCUT2D eigenvalue weighted by Gasteiger charge is 2.24. The van der Waals surface area contributed by atoms with Gasteiger partial charge in [-0.2, -0.15) is 0 Å². The van der Waals surface area contributed by atoms with Crippen LogP contribution >= 0.6 is 0 Å². The number of carbonyl (C=O) groups excluding carboxylic acids is 2. The lowest BCUT2D eigenvalue weighted by molar-refractivity contribution is -0.157. The average Bonchev–Trinajstić information content (AvgIpc) is 2.70. The Hall–Kier alpha value is -2.77. The molecule has 0 aromatic heterocycles. The maximum Gasteiger partial charge on any atom is 0.307 e. The molecule has 2 rings (SSSR count). The van der Waals surface area contributed by atoms with Gasteiger partial charge >= 0.3 is 5.97 Å². The molecule has 0 unspecified atom stereocenters. The highest BCUT2D eigenvalue weighted by molar-refractivity contribution is 5.83. The Morgan fingerprint density at radius 3 is 2.29 bits per heavy atom. The largest absolute Gasteiger partial charge is 0.460 e. The smallest absolute Gasteiger partial charge is 0.307 e. The maximum absolute atomic E-state index is 13.2. The summed E-state index contributed by atoms with van der Waals surface area (Å²) in [6.45, 7) is 5.77. The zero-order chi connectivity index (χ0) is 22.9. The van der Waals surface area contributed by atoms with Gasteiger partial charge in [0.1, 0.15) is 11.4 Å². The normalized spacial score (nSPS) is 12.3. The third-order valence-corrected chi connectivity index (χ3v) is 4.34. The van der Waals surface area contributed by atoms with Crippen LogP contribution in [0.5, 0.6) is 0 Å². The molecule has 7 heteroatoms. The Balaban J connectivity index is 1.77. The number of hydrogen-bond acceptors (Lipinski definition) is 5. The van der Waals surface area contributed by atoms with Crippen LogP contribution in [0.3, 0.4) is 0 Å². The number of ether oxygens (including phenoxy) is 2. The van der Waals surface area contributed by atoms with Gasteiger partial charge in [0.05, 0.1) is 32.2 Å². The molecule has 2 aromatic rings. The minimum atomic E-state index is -0.856. The van der Waals surface area contributed by atoms with Gasteiger partial charge < -0.3 is 19.9 Å². The number of rotatable bonds is 10. The third-order valence-electron chi connectivity index (χ3n) is 4.34. The molecule has 0 saturated heterocycles. The van der Waals surface area contributed by atoms with Gasteiger partial charge in [0.15, 0.2) is 0 Å². The van der Waals surface area contributed by atoms with E-state index in [0.717, 1.165) is 16.7 Å². The standard InChI is InChI=1S/C24H30FNO5/c1-24(2,3)31-22(28)12-20(14-27)23(29)26-13-17-7-9-18(10-8-17)15-30-16-19-5-4-6-21(25)11-19/h4-11,20,27H,12-16H2,1-3H3,(H,26,29)/t20-/m1/s1. The van der Waals surface area contributed by atoms with Crippen molar-refractivity contribution in [2.24, 2.45) is 5.92 Å². The summed E-state index contributed by atoms with van der Waals surface area (Å²) in [4.78, 5) is 24.2. The Morgan fingerprint density at radius 1 is 1.03 bits per heavy atom. The number of carbonyl (C=O) groups is 2. The highest BCUT2D eigenvalue weighted by atomic mass is 19.1. The predicted octanol–water partition coefficient (Wildman–Crippen LogP) is 3.50. The summed E-state index contributed by atoms with van der Waals surface area (Å²) < 4.78 is 24.0. The lowest BCUT2D eigenvalue weighted by Gasteiger charge is -2.21. The van der Waals surface area contributed by atoms with Crippen molar-refractivity contribution < 1.29 is 28.6 Å². The second-order valence-corrected chi connectivity index (χ2v) is 8.33. The summed E-state index contributed by atoms with van der Waals surface area (Å²) in [5.74, 6) is -2.08. The van der Waals surface area contributed by atoms with Crippen LogP contribution in [-0.2, 0) is 38.8 Å². The number of hydrogen-bond donors (Lipinski definition) is 2. The van der Waals surface area contributed by atoms with Crippen LogP contribution in [0.2, 0.25) is 0 Å². The number of aliphatic hydroxyl groups is 1. The number of nitrogens with one attached hydrogen (secondary N) is 1. The van der Waals surface area contributed by atoms with Gasteiger partial charge in [-0.1, -0.05) is 36.4 Å². The number of amides is 1. The van der Waals surface area contributed by atoms with E-state index in [1.165, 1.54) is 12.1 Å². The molecule has 0 heterocycles. The molecular weight excluding hydrogens is 401 g/mol. The molecule has 1 amide bonds. The van der Waals surface area contributed by atoms with Crippen LogP contribution in [0, 0.1) is 11.7 Å². The zero-order valence-corrected chi connectivity index (χ0v) is 18.2. The summed E-state index contributed by atoms with van der Waals surface area (Å²) in [5, 5.41) is 12.2. The van der Waals surface area contributed by atoms with Crippen molar-refractivity contribution >= 4 is 11.9 Å². The first kappa shape index (κ1) is 24.5. The summed E-state index contributed by atoms with van der Waals surface area (Å²) in [6.07, 6.45) is -0.179. The Kier molecular flexibility index (Phi) is 9.15. The number of aliphatic hydroxyl groups excluding tert-OH is 1. The second kappa shape index (κ2) is 11.6. The van der Waals surface area contributed by atoms with Gasteiger partial charge in [0, 0.05) is 6.54 Å². The molecular formula is C24H30FNO5. The molecule has 0 fully saturated rings. The van der Waals surface area contributed by atoms with Crippen molar-refractivity contribution in [3.63, 3.8) is 0 Å². The topological polar surface area (TPSA) is 84.9 Å². The lowest BCUT2D eigenvalue weighted by Crippen LogP contribution is -2.35. The van der Waals surface area contributed by atoms with Crippen molar-refractivity contribution in [3.8, 4) is 0 Å². The van der Waals surface area contributed by atoms with E-state index in [2.05, 4.69) is 5.32 Å². The van der Waals surface area contributed by atoms with E-state index in [1.54, 1.807) is 32.9 Å². The van der Waals surface area contributed by atoms with Crippen molar-refractivity contribution in [2.75, 3.05) is 6.61 Å². The SMILES string of the molecule is CC(C)(C)OC(=O)C[C@H](CO)C(=O)NCc1ccc(COCc2cccc(F)c2)cc1. The van der Waals surface area contributed by atoms with Crippen LogP contribution in [0.4, 0.5) is 4.39 Å². The predicted molar refractivity (Wildman–Crippen MR) is 114 cm³/mol. The van der Waals surface area contributed by atoms with Gasteiger partial charge in [-0.15, -0.1) is 0 Å². The molecule has 2 aromatic carbocycles. The van der Waals surface area contributed by atoms with Crippen molar-refractivity contribution in [1.29, 1.82) is 0 Å². The van der Waals surface area contributed by atoms with Gasteiger partial charge in [-0.05, 0) is 49.6 Å². The minimum absolute atomic E-state index is 0.179. The van der Waals surface area contributed by atoms with Crippen molar-refractivity contribution in [1.82, 2.24) is 5.32 Å². The molecule has 6 nitrogen and oxygen atoms in total. The van der Waals surface area contributed by atoms with Crippen LogP contribution in [0.15, 0.2) is 48.5 Å². The van der Waals surface area contributed by atoms with E-state index in [0.29, 0.717) is 13.2 Å². The second-order valence-electron chi connectivity index (χ2n) is 8.33. The first-order valence-corrected chi connectivity index (χ1v) is 10.2. The molecule has 2 N–H and O–H groups in total. The Morgan fingerprint density at radius 2 is 1.68 bits per heavy atom. The number of halogens is 1. The monoisotopic (exact) mass is 431 g/mol. The van der Waals surface area contributed by atoms with Gasteiger partial charge in [0.2, 0.25) is 5.91 Å². The molecule has 168 valence electrons. The third kappa shape index (κ3) is 9.27. The summed E-state index contributed by atoms with van der Waals surface area (Å²) in [7, 11) is 0. The van der Waals surface area contributed by atoms with E-state index in [1.807, 2.05) is 24.3 Å². The lowest BCUT2D eigenvalue weighted by atomic mass is 10.1. The Labute approximate surface area is 182 Å². The number of esters is 1. The van der Waals surface area contributed by atoms with E-state index in [9.17, 15) is 19.1 Å². The van der Waals surface area contributed by atoms with E-state index in [-0.39, 0.29) is 18.8 Å². The van der Waals surface area contributed by atoms with Gasteiger partial charge in [0.25, 0.3) is 0 Å². The molecule has 1 atom stereocenters. The fraction of sp³-hybridized carbons (Fsp3) is 0.417. The number of benzene rings is 2. The maximum atomic E-state index is 13.2. The first-order valence-electron chi connectivity index (χ1n) is 10.2. The Bertz CT molecular complexity index is 861. The molecule has 31 heavy (non-hydrogen) atoms. The fourth-order valence-electron chi connectivity index (χ4n) is 2.82. The molecule has 0 aliphatic heterocycles. The summed E-state index contributed by atoms with van der Waals surface area (Å²) in [5.41, 5.74) is 1.95. The first-order chi connectivity index (χ1) is 14.7. The molecule has 0 spiro atoms. The van der Waals surface area contributed by atoms with E-state index < -0.39 is 30.0 Å². The molecule has 0 radical (unpaired) electrons. The van der Waals surface area contributed by atoms with E-state index >= 15 is 0 Å². The van der Waals surface area contributed by atoms with Gasteiger partial charge in [-0.3, -0.25) is 9.59 Å². The highest BCUT2D eigenvalue weighted by Crippen LogP contribution is 2.13.